The zero-order chi connectivity index (χ0) is 14.7. The van der Waals surface area contributed by atoms with E-state index in [9.17, 15) is 0 Å². The fourth-order valence-electron chi connectivity index (χ4n) is 3.28. The summed E-state index contributed by atoms with van der Waals surface area (Å²) in [4.78, 5) is 14.1. The van der Waals surface area contributed by atoms with Crippen molar-refractivity contribution in [2.45, 2.75) is 39.3 Å². The zero-order valence-corrected chi connectivity index (χ0v) is 13.3. The van der Waals surface area contributed by atoms with Gasteiger partial charge in [0.15, 0.2) is 0 Å². The predicted octanol–water partition coefficient (Wildman–Crippen LogP) is 1.51. The molecule has 0 spiro atoms. The van der Waals surface area contributed by atoms with Crippen LogP contribution in [0.25, 0.3) is 0 Å². The minimum atomic E-state index is 0.674. The largest absolute Gasteiger partial charge is 0.338 e. The molecular formula is C16H27N5. The number of piperazine rings is 1. The lowest BCUT2D eigenvalue weighted by Gasteiger charge is -2.37. The Morgan fingerprint density at radius 2 is 2.05 bits per heavy atom. The highest BCUT2D eigenvalue weighted by Crippen LogP contribution is 2.23. The molecule has 0 aromatic carbocycles. The third kappa shape index (κ3) is 3.71. The van der Waals surface area contributed by atoms with Crippen LogP contribution >= 0.6 is 0 Å². The van der Waals surface area contributed by atoms with Gasteiger partial charge in [0.1, 0.15) is 0 Å². The molecule has 2 aliphatic rings. The molecule has 5 heteroatoms. The average Bonchev–Trinajstić information content (AvgIpc) is 2.95. The van der Waals surface area contributed by atoms with Gasteiger partial charge in [-0.1, -0.05) is 13.8 Å². The molecule has 116 valence electrons. The Labute approximate surface area is 127 Å². The highest BCUT2D eigenvalue weighted by molar-refractivity contribution is 5.31. The number of anilines is 1. The molecule has 21 heavy (non-hydrogen) atoms. The fraction of sp³-hybridized carbons (Fsp3) is 0.750. The lowest BCUT2D eigenvalue weighted by molar-refractivity contribution is 0.229. The molecule has 3 heterocycles. The maximum atomic E-state index is 4.57. The number of nitrogens with zero attached hydrogens (tertiary/aromatic N) is 4. The molecule has 2 saturated heterocycles. The van der Waals surface area contributed by atoms with Gasteiger partial charge in [-0.25, -0.2) is 9.97 Å². The van der Waals surface area contributed by atoms with Gasteiger partial charge in [-0.2, -0.15) is 0 Å². The van der Waals surface area contributed by atoms with Crippen molar-refractivity contribution in [1.29, 1.82) is 0 Å². The van der Waals surface area contributed by atoms with Gasteiger partial charge in [-0.3, -0.25) is 4.90 Å². The molecule has 1 atom stereocenters. The van der Waals surface area contributed by atoms with Crippen LogP contribution in [0.15, 0.2) is 12.4 Å². The quantitative estimate of drug-likeness (QED) is 0.890. The molecule has 2 fully saturated rings. The summed E-state index contributed by atoms with van der Waals surface area (Å²) in [6.45, 7) is 10.9. The molecule has 3 rings (SSSR count). The Kier molecular flexibility index (Phi) is 4.70. The van der Waals surface area contributed by atoms with E-state index in [-0.39, 0.29) is 0 Å². The molecule has 0 aliphatic carbocycles. The summed E-state index contributed by atoms with van der Waals surface area (Å²) in [7, 11) is 0. The van der Waals surface area contributed by atoms with E-state index in [1.165, 1.54) is 24.9 Å². The van der Waals surface area contributed by atoms with E-state index in [1.807, 2.05) is 12.4 Å². The third-order valence-corrected chi connectivity index (χ3v) is 4.44. The zero-order valence-electron chi connectivity index (χ0n) is 13.3. The Morgan fingerprint density at radius 3 is 2.81 bits per heavy atom. The number of aromatic nitrogens is 2. The van der Waals surface area contributed by atoms with Crippen molar-refractivity contribution in [3.05, 3.63) is 18.0 Å². The molecule has 0 saturated carbocycles. The first-order chi connectivity index (χ1) is 10.2. The second-order valence-electron chi connectivity index (χ2n) is 6.69. The van der Waals surface area contributed by atoms with Crippen LogP contribution in [0.2, 0.25) is 0 Å². The van der Waals surface area contributed by atoms with Crippen molar-refractivity contribution in [3.8, 4) is 0 Å². The monoisotopic (exact) mass is 289 g/mol. The normalized spacial score (nSPS) is 22.8. The number of fused-ring (bicyclic) bond motifs is 1. The highest BCUT2D eigenvalue weighted by Gasteiger charge is 2.31. The molecule has 0 bridgehead atoms. The number of rotatable bonds is 5. The van der Waals surface area contributed by atoms with E-state index >= 15 is 0 Å². The van der Waals surface area contributed by atoms with Crippen LogP contribution in [0.1, 0.15) is 32.3 Å². The van der Waals surface area contributed by atoms with Gasteiger partial charge in [0.2, 0.25) is 5.95 Å². The number of hydrogen-bond donors (Lipinski definition) is 1. The second-order valence-corrected chi connectivity index (χ2v) is 6.69. The van der Waals surface area contributed by atoms with E-state index in [0.717, 1.165) is 44.7 Å². The second kappa shape index (κ2) is 6.71. The summed E-state index contributed by atoms with van der Waals surface area (Å²) in [5, 5.41) is 3.43. The molecule has 0 amide bonds. The van der Waals surface area contributed by atoms with Gasteiger partial charge in [-0.05, 0) is 31.8 Å². The lowest BCUT2D eigenvalue weighted by Crippen LogP contribution is -2.50. The molecule has 0 radical (unpaired) electrons. The SMILES string of the molecule is CC(C)CNCc1cnc(N2CCN3CCCC3C2)nc1. The van der Waals surface area contributed by atoms with Gasteiger partial charge in [0.05, 0.1) is 0 Å². The van der Waals surface area contributed by atoms with Gasteiger partial charge >= 0.3 is 0 Å². The van der Waals surface area contributed by atoms with Crippen molar-refractivity contribution < 1.29 is 0 Å². The summed E-state index contributed by atoms with van der Waals surface area (Å²) < 4.78 is 0. The van der Waals surface area contributed by atoms with E-state index in [1.54, 1.807) is 0 Å². The van der Waals surface area contributed by atoms with E-state index in [4.69, 9.17) is 0 Å². The third-order valence-electron chi connectivity index (χ3n) is 4.44. The predicted molar refractivity (Wildman–Crippen MR) is 85.4 cm³/mol. The molecule has 1 aromatic rings. The molecule has 1 aromatic heterocycles. The number of hydrogen-bond acceptors (Lipinski definition) is 5. The maximum Gasteiger partial charge on any atom is 0.225 e. The van der Waals surface area contributed by atoms with Crippen LogP contribution in [-0.4, -0.2) is 53.6 Å². The summed E-state index contributed by atoms with van der Waals surface area (Å²) >= 11 is 0. The lowest BCUT2D eigenvalue weighted by atomic mass is 10.1. The first-order valence-corrected chi connectivity index (χ1v) is 8.23. The maximum absolute atomic E-state index is 4.57. The first-order valence-electron chi connectivity index (χ1n) is 8.23. The smallest absolute Gasteiger partial charge is 0.225 e. The molecule has 1 N–H and O–H groups in total. The first kappa shape index (κ1) is 14.7. The van der Waals surface area contributed by atoms with Crippen molar-refractivity contribution in [3.63, 3.8) is 0 Å². The molecule has 1 unspecified atom stereocenters. The van der Waals surface area contributed by atoms with Crippen LogP contribution in [0, 0.1) is 5.92 Å². The van der Waals surface area contributed by atoms with Crippen LogP contribution in [0.3, 0.4) is 0 Å². The summed E-state index contributed by atoms with van der Waals surface area (Å²) in [6, 6.07) is 0.717. The van der Waals surface area contributed by atoms with Crippen LogP contribution in [0.5, 0.6) is 0 Å². The minimum absolute atomic E-state index is 0.674. The van der Waals surface area contributed by atoms with E-state index in [2.05, 4.69) is 38.9 Å². The van der Waals surface area contributed by atoms with Crippen molar-refractivity contribution in [2.24, 2.45) is 5.92 Å². The Balaban J connectivity index is 1.54. The van der Waals surface area contributed by atoms with Gasteiger partial charge < -0.3 is 10.2 Å². The standard InChI is InChI=1S/C16H27N5/c1-13(2)8-17-9-14-10-18-16(19-11-14)21-7-6-20-5-3-4-15(20)12-21/h10-11,13,15,17H,3-9,12H2,1-2H3. The summed E-state index contributed by atoms with van der Waals surface area (Å²) in [5.74, 6) is 1.57. The Hall–Kier alpha value is -1.20. The van der Waals surface area contributed by atoms with Crippen molar-refractivity contribution in [1.82, 2.24) is 20.2 Å². The van der Waals surface area contributed by atoms with Gasteiger partial charge in [-0.15, -0.1) is 0 Å². The Morgan fingerprint density at radius 1 is 1.24 bits per heavy atom. The highest BCUT2D eigenvalue weighted by atomic mass is 15.3. The minimum Gasteiger partial charge on any atom is -0.338 e. The van der Waals surface area contributed by atoms with Crippen molar-refractivity contribution in [2.75, 3.05) is 37.6 Å². The topological polar surface area (TPSA) is 44.3 Å². The molecule has 5 nitrogen and oxygen atoms in total. The average molecular weight is 289 g/mol. The van der Waals surface area contributed by atoms with E-state index < -0.39 is 0 Å². The number of nitrogens with one attached hydrogen (secondary N) is 1. The van der Waals surface area contributed by atoms with Crippen LogP contribution in [-0.2, 0) is 6.54 Å². The van der Waals surface area contributed by atoms with Gasteiger partial charge in [0.25, 0.3) is 0 Å². The van der Waals surface area contributed by atoms with Crippen LogP contribution < -0.4 is 10.2 Å². The van der Waals surface area contributed by atoms with Crippen molar-refractivity contribution >= 4 is 5.95 Å². The Bertz CT molecular complexity index is 444. The fourth-order valence-corrected chi connectivity index (χ4v) is 3.28. The van der Waals surface area contributed by atoms with Crippen LogP contribution in [0.4, 0.5) is 5.95 Å². The molecule has 2 aliphatic heterocycles. The van der Waals surface area contributed by atoms with Gasteiger partial charge in [0, 0.05) is 50.2 Å². The summed E-state index contributed by atoms with van der Waals surface area (Å²) in [6.07, 6.45) is 6.61. The molecular weight excluding hydrogens is 262 g/mol. The van der Waals surface area contributed by atoms with E-state index in [0.29, 0.717) is 5.92 Å². The summed E-state index contributed by atoms with van der Waals surface area (Å²) in [5.41, 5.74) is 1.17.